The molecular weight excluding hydrogens is 118 g/mol. The number of hydrogen-bond donors (Lipinski definition) is 2. The van der Waals surface area contributed by atoms with Crippen molar-refractivity contribution in [1.29, 1.82) is 0 Å². The molecule has 0 amide bonds. The van der Waals surface area contributed by atoms with Gasteiger partial charge in [-0.1, -0.05) is 6.92 Å². The molecule has 1 fully saturated rings. The standard InChI is InChI=1S/C6H11NO2/c1-4-2-3-6(4,7)5(8)9/h4H,2-3,7H2,1H3,(H,8,9)/p+1/t4-,6-/m0/s1. The largest absolute Gasteiger partial charge is 0.477 e. The smallest absolute Gasteiger partial charge is 0.365 e. The highest BCUT2D eigenvalue weighted by Crippen LogP contribution is 2.34. The van der Waals surface area contributed by atoms with Crippen molar-refractivity contribution in [3.8, 4) is 0 Å². The molecule has 1 saturated carbocycles. The second-order valence-electron chi connectivity index (χ2n) is 2.90. The summed E-state index contributed by atoms with van der Waals surface area (Å²) in [5.74, 6) is -0.490. The molecular formula is C6H12NO2+. The number of rotatable bonds is 1. The van der Waals surface area contributed by atoms with E-state index in [4.69, 9.17) is 5.11 Å². The Morgan fingerprint density at radius 2 is 2.44 bits per heavy atom. The summed E-state index contributed by atoms with van der Waals surface area (Å²) in [5, 5.41) is 8.60. The monoisotopic (exact) mass is 130 g/mol. The van der Waals surface area contributed by atoms with E-state index in [0.717, 1.165) is 12.8 Å². The minimum atomic E-state index is -0.749. The van der Waals surface area contributed by atoms with Crippen LogP contribution in [0.1, 0.15) is 19.8 Å². The predicted molar refractivity (Wildman–Crippen MR) is 31.7 cm³/mol. The molecule has 1 aliphatic rings. The number of carbonyl (C=O) groups is 1. The maximum absolute atomic E-state index is 10.5. The molecule has 2 atom stereocenters. The molecule has 0 radical (unpaired) electrons. The summed E-state index contributed by atoms with van der Waals surface area (Å²) in [6.45, 7) is 1.94. The van der Waals surface area contributed by atoms with Crippen LogP contribution in [0.15, 0.2) is 0 Å². The van der Waals surface area contributed by atoms with E-state index >= 15 is 0 Å². The third kappa shape index (κ3) is 0.721. The van der Waals surface area contributed by atoms with Crippen LogP contribution in [0.3, 0.4) is 0 Å². The molecule has 0 saturated heterocycles. The van der Waals surface area contributed by atoms with E-state index in [0.29, 0.717) is 0 Å². The van der Waals surface area contributed by atoms with Gasteiger partial charge >= 0.3 is 5.97 Å². The Labute approximate surface area is 53.9 Å². The zero-order valence-corrected chi connectivity index (χ0v) is 5.55. The lowest BCUT2D eigenvalue weighted by Gasteiger charge is -2.36. The van der Waals surface area contributed by atoms with Gasteiger partial charge in [-0.05, 0) is 6.42 Å². The third-order valence-corrected chi connectivity index (χ3v) is 2.39. The molecule has 3 nitrogen and oxygen atoms in total. The van der Waals surface area contributed by atoms with Crippen molar-refractivity contribution in [3.05, 3.63) is 0 Å². The Morgan fingerprint density at radius 3 is 2.44 bits per heavy atom. The normalized spacial score (nSPS) is 41.8. The third-order valence-electron chi connectivity index (χ3n) is 2.39. The van der Waals surface area contributed by atoms with Crippen molar-refractivity contribution in [2.75, 3.05) is 0 Å². The molecule has 0 aromatic carbocycles. The number of carboxylic acids is 1. The summed E-state index contributed by atoms with van der Waals surface area (Å²) in [7, 11) is 0. The number of quaternary nitrogens is 1. The van der Waals surface area contributed by atoms with Crippen molar-refractivity contribution in [1.82, 2.24) is 0 Å². The van der Waals surface area contributed by atoms with Gasteiger partial charge in [0.15, 0.2) is 5.54 Å². The Balaban J connectivity index is 2.64. The van der Waals surface area contributed by atoms with E-state index in [-0.39, 0.29) is 5.92 Å². The second kappa shape index (κ2) is 1.70. The first-order chi connectivity index (χ1) is 4.07. The highest BCUT2D eigenvalue weighted by atomic mass is 16.4. The Morgan fingerprint density at radius 1 is 1.89 bits per heavy atom. The van der Waals surface area contributed by atoms with Gasteiger partial charge in [0, 0.05) is 12.3 Å². The lowest BCUT2D eigenvalue weighted by atomic mass is 9.68. The Hall–Kier alpha value is -0.570. The first-order valence-corrected chi connectivity index (χ1v) is 3.16. The zero-order valence-electron chi connectivity index (χ0n) is 5.55. The van der Waals surface area contributed by atoms with Gasteiger partial charge in [0.05, 0.1) is 0 Å². The zero-order chi connectivity index (χ0) is 7.07. The van der Waals surface area contributed by atoms with E-state index in [1.807, 2.05) is 6.92 Å². The quantitative estimate of drug-likeness (QED) is 0.501. The summed E-state index contributed by atoms with van der Waals surface area (Å²) in [6, 6.07) is 0. The van der Waals surface area contributed by atoms with Crippen LogP contribution < -0.4 is 5.73 Å². The first-order valence-electron chi connectivity index (χ1n) is 3.16. The SMILES string of the molecule is C[C@H]1CC[C@@]1([NH3+])C(=O)O. The van der Waals surface area contributed by atoms with Crippen molar-refractivity contribution < 1.29 is 15.6 Å². The van der Waals surface area contributed by atoms with Crippen LogP contribution in [-0.4, -0.2) is 16.6 Å². The molecule has 3 heteroatoms. The van der Waals surface area contributed by atoms with Crippen molar-refractivity contribution in [2.24, 2.45) is 5.92 Å². The number of hydrogen-bond acceptors (Lipinski definition) is 1. The minimum Gasteiger partial charge on any atom is -0.477 e. The van der Waals surface area contributed by atoms with E-state index in [1.54, 1.807) is 0 Å². The topological polar surface area (TPSA) is 64.9 Å². The molecule has 4 N–H and O–H groups in total. The first kappa shape index (κ1) is 6.55. The summed E-state index contributed by atoms with van der Waals surface area (Å²) in [6.07, 6.45) is 1.75. The van der Waals surface area contributed by atoms with E-state index in [9.17, 15) is 4.79 Å². The molecule has 52 valence electrons. The minimum absolute atomic E-state index is 0.259. The summed E-state index contributed by atoms with van der Waals surface area (Å²) in [5.41, 5.74) is 3.00. The average molecular weight is 130 g/mol. The molecule has 0 aliphatic heterocycles. The summed E-state index contributed by atoms with van der Waals surface area (Å²) < 4.78 is 0. The molecule has 0 aromatic heterocycles. The van der Waals surface area contributed by atoms with Gasteiger partial charge in [-0.3, -0.25) is 0 Å². The van der Waals surface area contributed by atoms with Gasteiger partial charge in [0.2, 0.25) is 0 Å². The lowest BCUT2D eigenvalue weighted by molar-refractivity contribution is -0.496. The second-order valence-corrected chi connectivity index (χ2v) is 2.90. The van der Waals surface area contributed by atoms with Gasteiger partial charge in [0.25, 0.3) is 0 Å². The molecule has 9 heavy (non-hydrogen) atoms. The molecule has 0 spiro atoms. The van der Waals surface area contributed by atoms with Crippen LogP contribution in [0.2, 0.25) is 0 Å². The van der Waals surface area contributed by atoms with Crippen LogP contribution in [0.5, 0.6) is 0 Å². The highest BCUT2D eigenvalue weighted by molar-refractivity contribution is 5.78. The van der Waals surface area contributed by atoms with Crippen LogP contribution >= 0.6 is 0 Å². The fourth-order valence-electron chi connectivity index (χ4n) is 1.10. The van der Waals surface area contributed by atoms with E-state index in [2.05, 4.69) is 5.73 Å². The average Bonchev–Trinajstić information content (AvgIpc) is 1.82. The van der Waals surface area contributed by atoms with E-state index < -0.39 is 11.5 Å². The molecule has 0 bridgehead atoms. The predicted octanol–water partition coefficient (Wildman–Crippen LogP) is -0.518. The molecule has 0 heterocycles. The molecule has 1 rings (SSSR count). The number of aliphatic carboxylic acids is 1. The Kier molecular flexibility index (Phi) is 1.24. The molecule has 0 aromatic rings. The van der Waals surface area contributed by atoms with Gasteiger partial charge in [-0.25, -0.2) is 4.79 Å². The van der Waals surface area contributed by atoms with Crippen molar-refractivity contribution in [3.63, 3.8) is 0 Å². The van der Waals surface area contributed by atoms with Gasteiger partial charge in [-0.15, -0.1) is 0 Å². The maximum Gasteiger partial charge on any atom is 0.365 e. The fraction of sp³-hybridized carbons (Fsp3) is 0.833. The Bertz CT molecular complexity index is 146. The van der Waals surface area contributed by atoms with Crippen LogP contribution in [0.25, 0.3) is 0 Å². The van der Waals surface area contributed by atoms with Crippen LogP contribution in [0.4, 0.5) is 0 Å². The maximum atomic E-state index is 10.5. The molecule has 0 unspecified atom stereocenters. The van der Waals surface area contributed by atoms with Gasteiger partial charge in [0.1, 0.15) is 0 Å². The lowest BCUT2D eigenvalue weighted by Crippen LogP contribution is -2.83. The van der Waals surface area contributed by atoms with Gasteiger partial charge < -0.3 is 10.8 Å². The van der Waals surface area contributed by atoms with Crippen molar-refractivity contribution >= 4 is 5.97 Å². The van der Waals surface area contributed by atoms with E-state index in [1.165, 1.54) is 0 Å². The number of carboxylic acid groups (broad SMARTS) is 1. The van der Waals surface area contributed by atoms with Crippen LogP contribution in [-0.2, 0) is 4.79 Å². The summed E-state index contributed by atoms with van der Waals surface area (Å²) >= 11 is 0. The highest BCUT2D eigenvalue weighted by Gasteiger charge is 2.51. The fourth-order valence-corrected chi connectivity index (χ4v) is 1.10. The van der Waals surface area contributed by atoms with Crippen molar-refractivity contribution in [2.45, 2.75) is 25.3 Å². The summed E-state index contributed by atoms with van der Waals surface area (Å²) in [4.78, 5) is 10.5. The van der Waals surface area contributed by atoms with Crippen LogP contribution in [0, 0.1) is 5.92 Å². The van der Waals surface area contributed by atoms with Gasteiger partial charge in [-0.2, -0.15) is 0 Å². The molecule has 1 aliphatic carbocycles.